The number of carbonyl (C=O) groups excluding carboxylic acids is 2. The molecule has 0 radical (unpaired) electrons. The Labute approximate surface area is 199 Å². The van der Waals surface area contributed by atoms with Gasteiger partial charge in [-0.1, -0.05) is 49.4 Å². The molecule has 174 valence electrons. The van der Waals surface area contributed by atoms with Crippen LogP contribution in [-0.4, -0.2) is 44.3 Å². The largest absolute Gasteiger partial charge is 0.356 e. The second kappa shape index (κ2) is 10.9. The predicted octanol–water partition coefficient (Wildman–Crippen LogP) is 4.72. The summed E-state index contributed by atoms with van der Waals surface area (Å²) in [5.41, 5.74) is 2.82. The number of amides is 2. The average Bonchev–Trinajstić information content (AvgIpc) is 3.22. The van der Waals surface area contributed by atoms with Gasteiger partial charge in [0.15, 0.2) is 0 Å². The van der Waals surface area contributed by atoms with Crippen LogP contribution in [0.3, 0.4) is 0 Å². The van der Waals surface area contributed by atoms with E-state index in [9.17, 15) is 9.59 Å². The van der Waals surface area contributed by atoms with Gasteiger partial charge in [0.2, 0.25) is 11.8 Å². The standard InChI is InChI=1S/C26H32N4O2S/c1-3-15-33-16-9-14-27-24(31)17-23-26(32)29(18-20-10-5-4-6-11-20)19(2)25-28-21-12-7-8-13-22(21)30(23)25/h4-8,10-13,19,23H,3,9,14-18H2,1-2H3,(H,27,31). The molecule has 3 aromatic rings. The lowest BCUT2D eigenvalue weighted by Crippen LogP contribution is -2.46. The van der Waals surface area contributed by atoms with E-state index in [1.807, 2.05) is 82.7 Å². The lowest BCUT2D eigenvalue weighted by Gasteiger charge is -2.38. The molecule has 2 heterocycles. The number of nitrogens with one attached hydrogen (secondary N) is 1. The van der Waals surface area contributed by atoms with Gasteiger partial charge >= 0.3 is 0 Å². The number of rotatable bonds is 10. The van der Waals surface area contributed by atoms with Gasteiger partial charge < -0.3 is 14.8 Å². The molecular formula is C26H32N4O2S. The number of hydrogen-bond donors (Lipinski definition) is 1. The lowest BCUT2D eigenvalue weighted by atomic mass is 10.0. The van der Waals surface area contributed by atoms with Crippen molar-refractivity contribution in [2.75, 3.05) is 18.1 Å². The smallest absolute Gasteiger partial charge is 0.247 e. The van der Waals surface area contributed by atoms with E-state index >= 15 is 0 Å². The second-order valence-corrected chi connectivity index (χ2v) is 9.72. The summed E-state index contributed by atoms with van der Waals surface area (Å²) in [4.78, 5) is 33.3. The van der Waals surface area contributed by atoms with Gasteiger partial charge in [0.1, 0.15) is 11.9 Å². The summed E-state index contributed by atoms with van der Waals surface area (Å²) < 4.78 is 1.99. The van der Waals surface area contributed by atoms with Crippen LogP contribution in [-0.2, 0) is 16.1 Å². The zero-order valence-electron chi connectivity index (χ0n) is 19.4. The van der Waals surface area contributed by atoms with Crippen molar-refractivity contribution >= 4 is 34.6 Å². The summed E-state index contributed by atoms with van der Waals surface area (Å²) >= 11 is 1.91. The summed E-state index contributed by atoms with van der Waals surface area (Å²) in [6.45, 7) is 5.32. The number of nitrogens with zero attached hydrogens (tertiary/aromatic N) is 3. The highest BCUT2D eigenvalue weighted by Crippen LogP contribution is 2.37. The lowest BCUT2D eigenvalue weighted by molar-refractivity contribution is -0.142. The number of thioether (sulfide) groups is 1. The average molecular weight is 465 g/mol. The van der Waals surface area contributed by atoms with Crippen molar-refractivity contribution in [3.8, 4) is 0 Å². The number of imidazole rings is 1. The Morgan fingerprint density at radius 1 is 1.09 bits per heavy atom. The summed E-state index contributed by atoms with van der Waals surface area (Å²) in [5, 5.41) is 3.02. The van der Waals surface area contributed by atoms with Gasteiger partial charge in [0, 0.05) is 13.1 Å². The topological polar surface area (TPSA) is 67.2 Å². The van der Waals surface area contributed by atoms with E-state index in [2.05, 4.69) is 12.2 Å². The second-order valence-electron chi connectivity index (χ2n) is 8.49. The predicted molar refractivity (Wildman–Crippen MR) is 134 cm³/mol. The minimum atomic E-state index is -0.596. The SMILES string of the molecule is CCCSCCCNC(=O)CC1C(=O)N(Cc2ccccc2)C(C)c2nc3ccccc3n21. The van der Waals surface area contributed by atoms with E-state index in [-0.39, 0.29) is 24.3 Å². The Balaban J connectivity index is 1.56. The maximum Gasteiger partial charge on any atom is 0.247 e. The van der Waals surface area contributed by atoms with Crippen LogP contribution in [0.1, 0.15) is 56.6 Å². The van der Waals surface area contributed by atoms with Crippen molar-refractivity contribution in [2.24, 2.45) is 0 Å². The molecule has 0 aliphatic carbocycles. The van der Waals surface area contributed by atoms with E-state index in [0.29, 0.717) is 13.1 Å². The fraction of sp³-hybridized carbons (Fsp3) is 0.423. The Hall–Kier alpha value is -2.80. The molecule has 0 fully saturated rings. The Bertz CT molecular complexity index is 1100. The molecule has 0 bridgehead atoms. The van der Waals surface area contributed by atoms with Gasteiger partial charge in [0.25, 0.3) is 0 Å². The van der Waals surface area contributed by atoms with Gasteiger partial charge in [-0.3, -0.25) is 9.59 Å². The molecule has 0 spiro atoms. The van der Waals surface area contributed by atoms with Gasteiger partial charge in [0.05, 0.1) is 23.5 Å². The van der Waals surface area contributed by atoms with Gasteiger partial charge in [-0.05, 0) is 49.0 Å². The van der Waals surface area contributed by atoms with Crippen LogP contribution in [0.4, 0.5) is 0 Å². The van der Waals surface area contributed by atoms with E-state index in [0.717, 1.165) is 40.3 Å². The summed E-state index contributed by atoms with van der Waals surface area (Å²) in [5.74, 6) is 2.90. The third kappa shape index (κ3) is 5.24. The number of carbonyl (C=O) groups is 2. The number of fused-ring (bicyclic) bond motifs is 3. The van der Waals surface area contributed by atoms with Crippen molar-refractivity contribution in [3.05, 3.63) is 66.0 Å². The monoisotopic (exact) mass is 464 g/mol. The van der Waals surface area contributed by atoms with Crippen LogP contribution in [0, 0.1) is 0 Å². The maximum absolute atomic E-state index is 13.7. The van der Waals surface area contributed by atoms with Crippen molar-refractivity contribution in [1.29, 1.82) is 0 Å². The molecular weight excluding hydrogens is 432 g/mol. The molecule has 0 saturated carbocycles. The van der Waals surface area contributed by atoms with E-state index in [1.54, 1.807) is 0 Å². The van der Waals surface area contributed by atoms with Crippen molar-refractivity contribution in [1.82, 2.24) is 19.8 Å². The third-order valence-corrected chi connectivity index (χ3v) is 7.33. The fourth-order valence-corrected chi connectivity index (χ4v) is 5.23. The van der Waals surface area contributed by atoms with Crippen molar-refractivity contribution in [3.63, 3.8) is 0 Å². The molecule has 2 unspecified atom stereocenters. The Morgan fingerprint density at radius 3 is 2.64 bits per heavy atom. The first-order valence-corrected chi connectivity index (χ1v) is 12.9. The van der Waals surface area contributed by atoms with Crippen LogP contribution in [0.5, 0.6) is 0 Å². The molecule has 6 nitrogen and oxygen atoms in total. The Kier molecular flexibility index (Phi) is 7.70. The van der Waals surface area contributed by atoms with Gasteiger partial charge in [-0.15, -0.1) is 0 Å². The van der Waals surface area contributed by atoms with Crippen molar-refractivity contribution in [2.45, 2.75) is 51.7 Å². The number of hydrogen-bond acceptors (Lipinski definition) is 4. The first-order chi connectivity index (χ1) is 16.1. The molecule has 2 aromatic carbocycles. The van der Waals surface area contributed by atoms with E-state index < -0.39 is 6.04 Å². The third-order valence-electron chi connectivity index (χ3n) is 6.05. The number of benzene rings is 2. The van der Waals surface area contributed by atoms with Gasteiger partial charge in [-0.25, -0.2) is 4.98 Å². The molecule has 0 saturated heterocycles. The summed E-state index contributed by atoms with van der Waals surface area (Å²) in [7, 11) is 0. The highest BCUT2D eigenvalue weighted by Gasteiger charge is 2.40. The first kappa shape index (κ1) is 23.4. The Morgan fingerprint density at radius 2 is 1.85 bits per heavy atom. The molecule has 1 N–H and O–H groups in total. The van der Waals surface area contributed by atoms with Crippen molar-refractivity contribution < 1.29 is 9.59 Å². The summed E-state index contributed by atoms with van der Waals surface area (Å²) in [6, 6.07) is 17.0. The molecule has 33 heavy (non-hydrogen) atoms. The van der Waals surface area contributed by atoms with E-state index in [4.69, 9.17) is 4.98 Å². The number of para-hydroxylation sites is 2. The highest BCUT2D eigenvalue weighted by molar-refractivity contribution is 7.99. The molecule has 1 aliphatic heterocycles. The zero-order chi connectivity index (χ0) is 23.2. The van der Waals surface area contributed by atoms with Crippen LogP contribution >= 0.6 is 11.8 Å². The molecule has 1 aromatic heterocycles. The molecule has 7 heteroatoms. The maximum atomic E-state index is 13.7. The molecule has 2 atom stereocenters. The van der Waals surface area contributed by atoms with Gasteiger partial charge in [-0.2, -0.15) is 11.8 Å². The summed E-state index contributed by atoms with van der Waals surface area (Å²) in [6.07, 6.45) is 2.22. The first-order valence-electron chi connectivity index (χ1n) is 11.8. The quantitative estimate of drug-likeness (QED) is 0.441. The van der Waals surface area contributed by atoms with Crippen LogP contribution < -0.4 is 5.32 Å². The fourth-order valence-electron chi connectivity index (χ4n) is 4.39. The van der Waals surface area contributed by atoms with Crippen LogP contribution in [0.25, 0.3) is 11.0 Å². The van der Waals surface area contributed by atoms with Crippen LogP contribution in [0.15, 0.2) is 54.6 Å². The minimum absolute atomic E-state index is 0.0318. The van der Waals surface area contributed by atoms with E-state index in [1.165, 1.54) is 6.42 Å². The highest BCUT2D eigenvalue weighted by atomic mass is 32.2. The number of aromatic nitrogens is 2. The normalized spacial score (nSPS) is 17.9. The minimum Gasteiger partial charge on any atom is -0.356 e. The van der Waals surface area contributed by atoms with Crippen LogP contribution in [0.2, 0.25) is 0 Å². The zero-order valence-corrected chi connectivity index (χ0v) is 20.2. The molecule has 4 rings (SSSR count). The molecule has 2 amide bonds. The molecule has 1 aliphatic rings.